The fourth-order valence-electron chi connectivity index (χ4n) is 5.51. The van der Waals surface area contributed by atoms with E-state index in [9.17, 15) is 19.2 Å². The molecule has 2 aliphatic heterocycles. The van der Waals surface area contributed by atoms with Crippen LogP contribution in [0, 0.1) is 11.8 Å². The van der Waals surface area contributed by atoms with Gasteiger partial charge in [-0.2, -0.15) is 0 Å². The molecular formula is C30H38N6O6. The Balaban J connectivity index is 1.25. The Morgan fingerprint density at radius 2 is 1.93 bits per heavy atom. The molecule has 224 valence electrons. The Kier molecular flexibility index (Phi) is 10.1. The van der Waals surface area contributed by atoms with E-state index in [1.165, 1.54) is 4.90 Å². The van der Waals surface area contributed by atoms with Crippen LogP contribution in [0.15, 0.2) is 23.3 Å². The van der Waals surface area contributed by atoms with E-state index in [0.29, 0.717) is 44.7 Å². The minimum atomic E-state index is -0.645. The fraction of sp³-hybridized carbons (Fsp3) is 0.600. The Morgan fingerprint density at radius 3 is 2.62 bits per heavy atom. The summed E-state index contributed by atoms with van der Waals surface area (Å²) in [7, 11) is 0. The number of imide groups is 1. The topological polar surface area (TPSA) is 154 Å². The van der Waals surface area contributed by atoms with Gasteiger partial charge in [0.05, 0.1) is 13.2 Å². The number of nitrogens with zero attached hydrogens (tertiary/aromatic N) is 5. The number of hydrogen-bond donors (Lipinski definition) is 1. The van der Waals surface area contributed by atoms with Crippen LogP contribution in [0.3, 0.4) is 0 Å². The Labute approximate surface area is 245 Å². The van der Waals surface area contributed by atoms with Crippen LogP contribution < -0.4 is 5.32 Å². The van der Waals surface area contributed by atoms with Gasteiger partial charge in [-0.25, -0.2) is 4.79 Å². The van der Waals surface area contributed by atoms with Crippen LogP contribution in [0.5, 0.6) is 0 Å². The Hall–Kier alpha value is -4.07. The molecule has 2 heterocycles. The van der Waals surface area contributed by atoms with E-state index < -0.39 is 17.6 Å². The van der Waals surface area contributed by atoms with E-state index in [0.717, 1.165) is 36.8 Å². The zero-order chi connectivity index (χ0) is 30.3. The van der Waals surface area contributed by atoms with E-state index in [4.69, 9.17) is 15.0 Å². The number of hydrogen-bond acceptors (Lipinski definition) is 7. The van der Waals surface area contributed by atoms with Crippen LogP contribution in [-0.2, 0) is 25.6 Å². The second kappa shape index (κ2) is 13.7. The zero-order valence-electron chi connectivity index (χ0n) is 24.4. The number of carbonyl (C=O) groups is 4. The van der Waals surface area contributed by atoms with Crippen molar-refractivity contribution in [1.82, 2.24) is 15.1 Å². The van der Waals surface area contributed by atoms with Gasteiger partial charge in [-0.3, -0.25) is 19.7 Å². The minimum absolute atomic E-state index is 0.00554. The summed E-state index contributed by atoms with van der Waals surface area (Å²) in [6, 6.07) is 4.71. The summed E-state index contributed by atoms with van der Waals surface area (Å²) in [5.74, 6) is 5.24. The molecule has 1 N–H and O–H groups in total. The number of piperidine rings is 1. The first-order valence-corrected chi connectivity index (χ1v) is 14.4. The molecule has 0 spiro atoms. The first-order chi connectivity index (χ1) is 20.1. The molecule has 0 aromatic heterocycles. The predicted octanol–water partition coefficient (Wildman–Crippen LogP) is 4.06. The molecule has 42 heavy (non-hydrogen) atoms. The number of carbonyl (C=O) groups excluding carboxylic acids is 4. The monoisotopic (exact) mass is 578 g/mol. The molecule has 4 amide bonds. The highest BCUT2D eigenvalue weighted by Gasteiger charge is 2.39. The Bertz CT molecular complexity index is 1310. The fourth-order valence-corrected chi connectivity index (χ4v) is 5.51. The molecular weight excluding hydrogens is 540 g/mol. The van der Waals surface area contributed by atoms with Crippen molar-refractivity contribution in [1.29, 1.82) is 0 Å². The first-order valence-electron chi connectivity index (χ1n) is 14.4. The summed E-state index contributed by atoms with van der Waals surface area (Å²) >= 11 is 0. The van der Waals surface area contributed by atoms with E-state index >= 15 is 0 Å². The summed E-state index contributed by atoms with van der Waals surface area (Å²) < 4.78 is 11.4. The summed E-state index contributed by atoms with van der Waals surface area (Å²) in [5.41, 5.74) is 10.2. The van der Waals surface area contributed by atoms with Gasteiger partial charge in [0.25, 0.3) is 5.91 Å². The lowest BCUT2D eigenvalue weighted by atomic mass is 9.91. The number of nitrogens with one attached hydrogen (secondary N) is 1. The quantitative estimate of drug-likeness (QED) is 0.123. The third kappa shape index (κ3) is 8.02. The maximum absolute atomic E-state index is 12.9. The van der Waals surface area contributed by atoms with Crippen molar-refractivity contribution >= 4 is 23.8 Å². The summed E-state index contributed by atoms with van der Waals surface area (Å²) in [5, 5.41) is 6.13. The number of azide groups is 1. The molecule has 2 fully saturated rings. The first kappa shape index (κ1) is 30.9. The average molecular weight is 579 g/mol. The third-order valence-electron chi connectivity index (χ3n) is 7.55. The molecule has 12 nitrogen and oxygen atoms in total. The lowest BCUT2D eigenvalue weighted by Crippen LogP contribution is -2.52. The van der Waals surface area contributed by atoms with E-state index in [2.05, 4.69) is 27.2 Å². The lowest BCUT2D eigenvalue weighted by molar-refractivity contribution is -0.136. The van der Waals surface area contributed by atoms with Gasteiger partial charge in [0.1, 0.15) is 11.6 Å². The van der Waals surface area contributed by atoms with Crippen molar-refractivity contribution < 1.29 is 28.7 Å². The van der Waals surface area contributed by atoms with Gasteiger partial charge in [-0.15, -0.1) is 0 Å². The highest BCUT2D eigenvalue weighted by molar-refractivity contribution is 6.05. The van der Waals surface area contributed by atoms with Crippen LogP contribution in [-0.4, -0.2) is 77.1 Å². The standard InChI is InChI=1S/C30H38N6O6/c1-30(2,3)42-29(40)35(23-10-8-22(9-11-23)33-34-31)15-17-41-16-5-4-6-20-7-12-24-21(18-20)19-36(28(24)39)25-13-14-26(37)32-27(25)38/h7,12,18,22-23,25H,5,8-11,13-17,19H2,1-3H3,(H,32,37,38). The van der Waals surface area contributed by atoms with Crippen molar-refractivity contribution in [2.24, 2.45) is 5.11 Å². The predicted molar refractivity (Wildman–Crippen MR) is 153 cm³/mol. The van der Waals surface area contributed by atoms with Crippen molar-refractivity contribution in [3.05, 3.63) is 45.3 Å². The molecule has 1 saturated carbocycles. The van der Waals surface area contributed by atoms with Crippen molar-refractivity contribution in [3.63, 3.8) is 0 Å². The van der Waals surface area contributed by atoms with Crippen LogP contribution in [0.4, 0.5) is 4.79 Å². The van der Waals surface area contributed by atoms with E-state index in [-0.39, 0.29) is 36.4 Å². The number of amides is 4. The number of fused-ring (bicyclic) bond motifs is 1. The third-order valence-corrected chi connectivity index (χ3v) is 7.55. The molecule has 1 aromatic carbocycles. The highest BCUT2D eigenvalue weighted by Crippen LogP contribution is 2.29. The molecule has 1 aliphatic carbocycles. The largest absolute Gasteiger partial charge is 0.444 e. The van der Waals surface area contributed by atoms with Crippen molar-refractivity contribution in [3.8, 4) is 11.8 Å². The molecule has 1 saturated heterocycles. The highest BCUT2D eigenvalue weighted by atomic mass is 16.6. The van der Waals surface area contributed by atoms with Crippen LogP contribution in [0.25, 0.3) is 10.4 Å². The van der Waals surface area contributed by atoms with Gasteiger partial charge in [0.2, 0.25) is 11.8 Å². The molecule has 0 radical (unpaired) electrons. The maximum atomic E-state index is 12.9. The maximum Gasteiger partial charge on any atom is 0.410 e. The van der Waals surface area contributed by atoms with Gasteiger partial charge in [-0.1, -0.05) is 17.0 Å². The molecule has 12 heteroatoms. The minimum Gasteiger partial charge on any atom is -0.444 e. The summed E-state index contributed by atoms with van der Waals surface area (Å²) in [6.45, 7) is 6.94. The van der Waals surface area contributed by atoms with Crippen molar-refractivity contribution in [2.45, 2.75) is 96.0 Å². The second-order valence-corrected chi connectivity index (χ2v) is 11.8. The van der Waals surface area contributed by atoms with Crippen molar-refractivity contribution in [2.75, 3.05) is 19.8 Å². The molecule has 3 aliphatic rings. The SMILES string of the molecule is CC(C)(C)OC(=O)N(CCOCCC#Cc1ccc2c(c1)CN(C1CCC(=O)NC1=O)C2=O)C1CCC(N=[N+]=[N-])CC1. The summed E-state index contributed by atoms with van der Waals surface area (Å²) in [6.07, 6.45) is 3.61. The zero-order valence-corrected chi connectivity index (χ0v) is 24.4. The van der Waals surface area contributed by atoms with Crippen LogP contribution in [0.1, 0.15) is 87.2 Å². The number of rotatable bonds is 8. The van der Waals surface area contributed by atoms with Gasteiger partial charge in [0.15, 0.2) is 0 Å². The van der Waals surface area contributed by atoms with E-state index in [1.807, 2.05) is 26.8 Å². The number of ether oxygens (including phenoxy) is 2. The molecule has 1 aromatic rings. The second-order valence-electron chi connectivity index (χ2n) is 11.8. The molecule has 1 unspecified atom stereocenters. The average Bonchev–Trinajstić information content (AvgIpc) is 3.25. The van der Waals surface area contributed by atoms with Crippen LogP contribution in [0.2, 0.25) is 0 Å². The lowest BCUT2D eigenvalue weighted by Gasteiger charge is -2.36. The van der Waals surface area contributed by atoms with Gasteiger partial charge in [0, 0.05) is 54.1 Å². The number of benzene rings is 1. The van der Waals surface area contributed by atoms with E-state index in [1.54, 1.807) is 17.0 Å². The molecule has 1 atom stereocenters. The van der Waals surface area contributed by atoms with Gasteiger partial charge < -0.3 is 19.3 Å². The molecule has 4 rings (SSSR count). The van der Waals surface area contributed by atoms with Crippen LogP contribution >= 0.6 is 0 Å². The normalized spacial score (nSPS) is 21.9. The summed E-state index contributed by atoms with van der Waals surface area (Å²) in [4.78, 5) is 55.6. The molecule has 0 bridgehead atoms. The van der Waals surface area contributed by atoms with Gasteiger partial charge >= 0.3 is 6.09 Å². The Morgan fingerprint density at radius 1 is 1.17 bits per heavy atom. The van der Waals surface area contributed by atoms with Gasteiger partial charge in [-0.05, 0) is 82.2 Å². The smallest absolute Gasteiger partial charge is 0.410 e.